The Morgan fingerprint density at radius 1 is 1.19 bits per heavy atom. The zero-order valence-electron chi connectivity index (χ0n) is 16.7. The number of amides is 2. The van der Waals surface area contributed by atoms with Crippen molar-refractivity contribution >= 4 is 11.8 Å². The van der Waals surface area contributed by atoms with Gasteiger partial charge in [-0.05, 0) is 43.4 Å². The molecular formula is C21H31N3O3. The number of hydrogen-bond donors (Lipinski definition) is 1. The highest BCUT2D eigenvalue weighted by Gasteiger charge is 2.48. The Balaban J connectivity index is 1.54. The lowest BCUT2D eigenvalue weighted by Crippen LogP contribution is -2.53. The highest BCUT2D eigenvalue weighted by molar-refractivity contribution is 5.76. The minimum atomic E-state index is -0.0877. The summed E-state index contributed by atoms with van der Waals surface area (Å²) in [5.74, 6) is 0.991. The van der Waals surface area contributed by atoms with Gasteiger partial charge in [0.2, 0.25) is 11.8 Å². The van der Waals surface area contributed by atoms with Crippen molar-refractivity contribution in [1.82, 2.24) is 15.1 Å². The Hall–Kier alpha value is -2.08. The van der Waals surface area contributed by atoms with Crippen LogP contribution in [0.15, 0.2) is 24.3 Å². The SMILES string of the molecule is COc1ccc(CCN2CCC3(CC2)C[C@@H](NC(C)=O)CN3C(C)=O)cc1. The number of nitrogens with one attached hydrogen (secondary N) is 1. The topological polar surface area (TPSA) is 61.9 Å². The number of likely N-dealkylation sites (tertiary alicyclic amines) is 2. The van der Waals surface area contributed by atoms with Crippen molar-refractivity contribution in [3.05, 3.63) is 29.8 Å². The Kier molecular flexibility index (Phi) is 6.05. The third-order valence-corrected chi connectivity index (χ3v) is 6.05. The molecule has 6 heteroatoms. The van der Waals surface area contributed by atoms with Crippen molar-refractivity contribution in [1.29, 1.82) is 0 Å². The van der Waals surface area contributed by atoms with Crippen molar-refractivity contribution < 1.29 is 14.3 Å². The van der Waals surface area contributed by atoms with Crippen LogP contribution in [-0.4, -0.2) is 66.5 Å². The fourth-order valence-corrected chi connectivity index (χ4v) is 4.64. The lowest BCUT2D eigenvalue weighted by atomic mass is 9.84. The molecule has 2 aliphatic rings. The van der Waals surface area contributed by atoms with Gasteiger partial charge in [-0.1, -0.05) is 12.1 Å². The third kappa shape index (κ3) is 4.61. The molecule has 6 nitrogen and oxygen atoms in total. The maximum Gasteiger partial charge on any atom is 0.219 e. The number of carbonyl (C=O) groups is 2. The Morgan fingerprint density at radius 3 is 2.41 bits per heavy atom. The van der Waals surface area contributed by atoms with Gasteiger partial charge in [0.15, 0.2) is 0 Å². The Bertz CT molecular complexity index is 666. The van der Waals surface area contributed by atoms with Gasteiger partial charge in [0.25, 0.3) is 0 Å². The number of carbonyl (C=O) groups excluding carboxylic acids is 2. The molecule has 1 atom stereocenters. The van der Waals surface area contributed by atoms with Crippen LogP contribution in [0.3, 0.4) is 0 Å². The molecule has 2 aliphatic heterocycles. The standard InChI is InChI=1S/C21H31N3O3/c1-16(25)22-19-14-21(24(15-19)17(2)26)9-12-23(13-10-21)11-8-18-4-6-20(27-3)7-5-18/h4-7,19H,8-15H2,1-3H3,(H,22,25)/t19-/m1/s1. The van der Waals surface area contributed by atoms with E-state index in [9.17, 15) is 9.59 Å². The van der Waals surface area contributed by atoms with Gasteiger partial charge in [-0.25, -0.2) is 0 Å². The number of methoxy groups -OCH3 is 1. The molecule has 0 saturated carbocycles. The second-order valence-corrected chi connectivity index (χ2v) is 7.90. The van der Waals surface area contributed by atoms with E-state index in [4.69, 9.17) is 4.74 Å². The molecule has 1 aromatic rings. The summed E-state index contributed by atoms with van der Waals surface area (Å²) in [6, 6.07) is 8.34. The average Bonchev–Trinajstić information content (AvgIpc) is 2.99. The maximum absolute atomic E-state index is 12.2. The lowest BCUT2D eigenvalue weighted by molar-refractivity contribution is -0.134. The van der Waals surface area contributed by atoms with Crippen molar-refractivity contribution in [2.75, 3.05) is 33.3 Å². The molecule has 2 saturated heterocycles. The van der Waals surface area contributed by atoms with Crippen LogP contribution in [-0.2, 0) is 16.0 Å². The molecule has 2 heterocycles. The van der Waals surface area contributed by atoms with Crippen molar-refractivity contribution in [3.8, 4) is 5.75 Å². The van der Waals surface area contributed by atoms with Gasteiger partial charge < -0.3 is 19.9 Å². The second kappa shape index (κ2) is 8.30. The first kappa shape index (κ1) is 19.7. The summed E-state index contributed by atoms with van der Waals surface area (Å²) in [4.78, 5) is 28.1. The average molecular weight is 373 g/mol. The van der Waals surface area contributed by atoms with Crippen molar-refractivity contribution in [3.63, 3.8) is 0 Å². The van der Waals surface area contributed by atoms with E-state index < -0.39 is 0 Å². The second-order valence-electron chi connectivity index (χ2n) is 7.90. The van der Waals surface area contributed by atoms with Crippen LogP contribution in [0, 0.1) is 0 Å². The highest BCUT2D eigenvalue weighted by atomic mass is 16.5. The molecule has 0 bridgehead atoms. The number of ether oxygens (including phenoxy) is 1. The minimum absolute atomic E-state index is 0.0162. The van der Waals surface area contributed by atoms with Gasteiger partial charge in [0.05, 0.1) is 7.11 Å². The van der Waals surface area contributed by atoms with E-state index in [2.05, 4.69) is 22.3 Å². The molecule has 3 rings (SSSR count). The summed E-state index contributed by atoms with van der Waals surface area (Å²) >= 11 is 0. The maximum atomic E-state index is 12.2. The summed E-state index contributed by atoms with van der Waals surface area (Å²) in [6.07, 6.45) is 3.84. The van der Waals surface area contributed by atoms with Gasteiger partial charge in [0.1, 0.15) is 5.75 Å². The van der Waals surface area contributed by atoms with Crippen LogP contribution in [0.2, 0.25) is 0 Å². The fraction of sp³-hybridized carbons (Fsp3) is 0.619. The summed E-state index contributed by atoms with van der Waals surface area (Å²) in [5, 5.41) is 3.01. The summed E-state index contributed by atoms with van der Waals surface area (Å²) < 4.78 is 5.21. The number of piperidine rings is 1. The van der Waals surface area contributed by atoms with Gasteiger partial charge in [-0.3, -0.25) is 9.59 Å². The van der Waals surface area contributed by atoms with E-state index in [-0.39, 0.29) is 23.4 Å². The molecule has 2 amide bonds. The Morgan fingerprint density at radius 2 is 1.85 bits per heavy atom. The quantitative estimate of drug-likeness (QED) is 0.855. The molecule has 0 radical (unpaired) electrons. The van der Waals surface area contributed by atoms with Crippen molar-refractivity contribution in [2.24, 2.45) is 0 Å². The van der Waals surface area contributed by atoms with Gasteiger partial charge in [-0.2, -0.15) is 0 Å². The van der Waals surface area contributed by atoms with Crippen LogP contribution in [0.5, 0.6) is 5.75 Å². The molecule has 1 spiro atoms. The van der Waals surface area contributed by atoms with Crippen LogP contribution < -0.4 is 10.1 Å². The molecule has 0 unspecified atom stereocenters. The predicted molar refractivity (Wildman–Crippen MR) is 105 cm³/mol. The van der Waals surface area contributed by atoms with E-state index in [0.717, 1.165) is 51.1 Å². The first-order valence-corrected chi connectivity index (χ1v) is 9.82. The van der Waals surface area contributed by atoms with E-state index in [0.29, 0.717) is 6.54 Å². The Labute approximate surface area is 161 Å². The van der Waals surface area contributed by atoms with E-state index >= 15 is 0 Å². The highest BCUT2D eigenvalue weighted by Crippen LogP contribution is 2.38. The zero-order valence-corrected chi connectivity index (χ0v) is 16.7. The number of benzene rings is 1. The first-order valence-electron chi connectivity index (χ1n) is 9.82. The van der Waals surface area contributed by atoms with Crippen molar-refractivity contribution in [2.45, 2.75) is 51.1 Å². The van der Waals surface area contributed by atoms with Gasteiger partial charge in [-0.15, -0.1) is 0 Å². The van der Waals surface area contributed by atoms with Gasteiger partial charge in [0, 0.05) is 51.6 Å². The molecule has 2 fully saturated rings. The predicted octanol–water partition coefficient (Wildman–Crippen LogP) is 1.83. The summed E-state index contributed by atoms with van der Waals surface area (Å²) in [7, 11) is 1.68. The molecule has 1 N–H and O–H groups in total. The van der Waals surface area contributed by atoms with Crippen LogP contribution in [0.4, 0.5) is 0 Å². The van der Waals surface area contributed by atoms with Crippen LogP contribution in [0.1, 0.15) is 38.7 Å². The molecule has 0 aromatic heterocycles. The van der Waals surface area contributed by atoms with Crippen LogP contribution in [0.25, 0.3) is 0 Å². The number of nitrogens with zero attached hydrogens (tertiary/aromatic N) is 2. The smallest absolute Gasteiger partial charge is 0.219 e. The monoisotopic (exact) mass is 373 g/mol. The lowest BCUT2D eigenvalue weighted by Gasteiger charge is -2.44. The number of rotatable bonds is 5. The van der Waals surface area contributed by atoms with E-state index in [1.54, 1.807) is 21.0 Å². The molecular weight excluding hydrogens is 342 g/mol. The molecule has 1 aromatic carbocycles. The fourth-order valence-electron chi connectivity index (χ4n) is 4.64. The normalized spacial score (nSPS) is 22.0. The molecule has 27 heavy (non-hydrogen) atoms. The minimum Gasteiger partial charge on any atom is -0.497 e. The zero-order chi connectivity index (χ0) is 19.4. The van der Waals surface area contributed by atoms with Crippen LogP contribution >= 0.6 is 0 Å². The first-order chi connectivity index (χ1) is 12.9. The van der Waals surface area contributed by atoms with E-state index in [1.807, 2.05) is 17.0 Å². The summed E-state index contributed by atoms with van der Waals surface area (Å²) in [5.41, 5.74) is 1.23. The summed E-state index contributed by atoms with van der Waals surface area (Å²) in [6.45, 7) is 6.84. The molecule has 0 aliphatic carbocycles. The molecule has 148 valence electrons. The largest absolute Gasteiger partial charge is 0.497 e. The third-order valence-electron chi connectivity index (χ3n) is 6.05. The van der Waals surface area contributed by atoms with E-state index in [1.165, 1.54) is 5.56 Å². The van der Waals surface area contributed by atoms with Gasteiger partial charge >= 0.3 is 0 Å². The number of hydrogen-bond acceptors (Lipinski definition) is 4.